The number of esters is 1. The summed E-state index contributed by atoms with van der Waals surface area (Å²) in [5, 5.41) is 5.57. The fraction of sp³-hybridized carbons (Fsp3) is 0.375. The molecule has 2 amide bonds. The largest absolute Gasteiger partial charge is 0.466 e. The van der Waals surface area contributed by atoms with Gasteiger partial charge in [0, 0.05) is 30.6 Å². The van der Waals surface area contributed by atoms with Crippen molar-refractivity contribution in [2.45, 2.75) is 45.4 Å². The molecule has 2 aromatic rings. The Kier molecular flexibility index (Phi) is 10.1. The molecule has 6 nitrogen and oxygen atoms in total. The number of hydrogen-bond acceptors (Lipinski definition) is 4. The number of amides is 2. The van der Waals surface area contributed by atoms with Gasteiger partial charge >= 0.3 is 5.97 Å². The zero-order valence-electron chi connectivity index (χ0n) is 17.5. The van der Waals surface area contributed by atoms with Crippen LogP contribution in [0.15, 0.2) is 54.6 Å². The summed E-state index contributed by atoms with van der Waals surface area (Å²) >= 11 is 0. The van der Waals surface area contributed by atoms with Crippen LogP contribution in [0.3, 0.4) is 0 Å². The number of carbonyl (C=O) groups is 3. The summed E-state index contributed by atoms with van der Waals surface area (Å²) in [6.45, 7) is 2.97. The van der Waals surface area contributed by atoms with Gasteiger partial charge in [-0.05, 0) is 49.4 Å². The van der Waals surface area contributed by atoms with Gasteiger partial charge < -0.3 is 15.4 Å². The summed E-state index contributed by atoms with van der Waals surface area (Å²) in [5.74, 6) is -0.647. The van der Waals surface area contributed by atoms with Gasteiger partial charge in [-0.3, -0.25) is 14.4 Å². The Bertz CT molecular complexity index is 821. The first kappa shape index (κ1) is 23.1. The van der Waals surface area contributed by atoms with Crippen molar-refractivity contribution in [3.63, 3.8) is 0 Å². The van der Waals surface area contributed by atoms with Gasteiger partial charge in [0.1, 0.15) is 0 Å². The van der Waals surface area contributed by atoms with E-state index in [2.05, 4.69) is 10.6 Å². The lowest BCUT2D eigenvalue weighted by molar-refractivity contribution is -0.143. The van der Waals surface area contributed by atoms with Crippen LogP contribution in [-0.4, -0.2) is 30.9 Å². The van der Waals surface area contributed by atoms with Crippen molar-refractivity contribution in [2.24, 2.45) is 0 Å². The Morgan fingerprint density at radius 1 is 0.933 bits per heavy atom. The second-order valence-corrected chi connectivity index (χ2v) is 7.05. The lowest BCUT2D eigenvalue weighted by atomic mass is 10.1. The predicted octanol–water partition coefficient (Wildman–Crippen LogP) is 4.11. The predicted molar refractivity (Wildman–Crippen MR) is 117 cm³/mol. The SMILES string of the molecule is CCCNC(=O)c1cccc(NC(=O)CCCC(=O)OCCCc2ccccc2)c1. The first-order chi connectivity index (χ1) is 14.6. The molecule has 2 aromatic carbocycles. The molecule has 30 heavy (non-hydrogen) atoms. The van der Waals surface area contributed by atoms with Gasteiger partial charge in [-0.25, -0.2) is 0 Å². The van der Waals surface area contributed by atoms with Crippen molar-refractivity contribution in [3.05, 3.63) is 65.7 Å². The maximum absolute atomic E-state index is 12.1. The van der Waals surface area contributed by atoms with Crippen LogP contribution in [0.25, 0.3) is 0 Å². The Hall–Kier alpha value is -3.15. The smallest absolute Gasteiger partial charge is 0.305 e. The molecule has 2 N–H and O–H groups in total. The Balaban J connectivity index is 1.62. The first-order valence-corrected chi connectivity index (χ1v) is 10.5. The quantitative estimate of drug-likeness (QED) is 0.407. The minimum Gasteiger partial charge on any atom is -0.466 e. The van der Waals surface area contributed by atoms with Crippen molar-refractivity contribution in [1.82, 2.24) is 5.32 Å². The molecule has 0 aliphatic rings. The second kappa shape index (κ2) is 13.1. The molecule has 0 radical (unpaired) electrons. The number of benzene rings is 2. The molecule has 0 unspecified atom stereocenters. The average molecular weight is 411 g/mol. The molecule has 0 bridgehead atoms. The molecule has 0 aromatic heterocycles. The Morgan fingerprint density at radius 2 is 1.73 bits per heavy atom. The zero-order chi connectivity index (χ0) is 21.6. The van der Waals surface area contributed by atoms with Crippen LogP contribution in [0.5, 0.6) is 0 Å². The summed E-state index contributed by atoms with van der Waals surface area (Å²) < 4.78 is 5.22. The minimum atomic E-state index is -0.287. The van der Waals surface area contributed by atoms with Crippen LogP contribution in [0.4, 0.5) is 5.69 Å². The van der Waals surface area contributed by atoms with Crippen LogP contribution in [0, 0.1) is 0 Å². The molecule has 6 heteroatoms. The molecule has 0 fully saturated rings. The monoisotopic (exact) mass is 410 g/mol. The van der Waals surface area contributed by atoms with Crippen molar-refractivity contribution < 1.29 is 19.1 Å². The third-order valence-corrected chi connectivity index (χ3v) is 4.44. The molecule has 0 atom stereocenters. The van der Waals surface area contributed by atoms with E-state index in [1.54, 1.807) is 24.3 Å². The number of aryl methyl sites for hydroxylation is 1. The second-order valence-electron chi connectivity index (χ2n) is 7.05. The number of hydrogen-bond donors (Lipinski definition) is 2. The maximum Gasteiger partial charge on any atom is 0.305 e. The van der Waals surface area contributed by atoms with E-state index in [1.165, 1.54) is 5.56 Å². The van der Waals surface area contributed by atoms with Crippen LogP contribution < -0.4 is 10.6 Å². The summed E-state index contributed by atoms with van der Waals surface area (Å²) in [7, 11) is 0. The van der Waals surface area contributed by atoms with E-state index in [-0.39, 0.29) is 30.6 Å². The fourth-order valence-corrected chi connectivity index (χ4v) is 2.87. The highest BCUT2D eigenvalue weighted by atomic mass is 16.5. The number of rotatable bonds is 12. The molecule has 0 saturated heterocycles. The van der Waals surface area contributed by atoms with Gasteiger partial charge in [0.15, 0.2) is 0 Å². The highest BCUT2D eigenvalue weighted by Gasteiger charge is 2.09. The van der Waals surface area contributed by atoms with Crippen LogP contribution in [0.2, 0.25) is 0 Å². The van der Waals surface area contributed by atoms with Crippen molar-refractivity contribution in [2.75, 3.05) is 18.5 Å². The number of carbonyl (C=O) groups excluding carboxylic acids is 3. The third kappa shape index (κ3) is 8.90. The van der Waals surface area contributed by atoms with Gasteiger partial charge in [0.25, 0.3) is 5.91 Å². The van der Waals surface area contributed by atoms with E-state index in [0.717, 1.165) is 19.3 Å². The van der Waals surface area contributed by atoms with Crippen molar-refractivity contribution >= 4 is 23.5 Å². The summed E-state index contributed by atoms with van der Waals surface area (Å²) in [5.41, 5.74) is 2.28. The number of anilines is 1. The van der Waals surface area contributed by atoms with Crippen molar-refractivity contribution in [1.29, 1.82) is 0 Å². The van der Waals surface area contributed by atoms with Crippen LogP contribution >= 0.6 is 0 Å². The summed E-state index contributed by atoms with van der Waals surface area (Å²) in [6.07, 6.45) is 3.34. The highest BCUT2D eigenvalue weighted by Crippen LogP contribution is 2.12. The Morgan fingerprint density at radius 3 is 2.50 bits per heavy atom. The first-order valence-electron chi connectivity index (χ1n) is 10.5. The van der Waals surface area contributed by atoms with Gasteiger partial charge in [0.05, 0.1) is 6.61 Å². The van der Waals surface area contributed by atoms with E-state index in [9.17, 15) is 14.4 Å². The maximum atomic E-state index is 12.1. The van der Waals surface area contributed by atoms with E-state index in [1.807, 2.05) is 37.3 Å². The van der Waals surface area contributed by atoms with E-state index >= 15 is 0 Å². The zero-order valence-corrected chi connectivity index (χ0v) is 17.5. The fourth-order valence-electron chi connectivity index (χ4n) is 2.87. The standard InChI is InChI=1S/C24H30N2O4/c1-2-16-25-24(29)20-12-6-13-21(18-20)26-22(27)14-7-15-23(28)30-17-8-11-19-9-4-3-5-10-19/h3-6,9-10,12-13,18H,2,7-8,11,14-17H2,1H3,(H,25,29)(H,26,27). The summed E-state index contributed by atoms with van der Waals surface area (Å²) in [6, 6.07) is 16.9. The molecule has 0 heterocycles. The van der Waals surface area contributed by atoms with E-state index < -0.39 is 0 Å². The minimum absolute atomic E-state index is 0.164. The van der Waals surface area contributed by atoms with E-state index in [0.29, 0.717) is 30.8 Å². The molecular weight excluding hydrogens is 380 g/mol. The van der Waals surface area contributed by atoms with Crippen LogP contribution in [-0.2, 0) is 20.7 Å². The molecule has 2 rings (SSSR count). The molecule has 0 spiro atoms. The topological polar surface area (TPSA) is 84.5 Å². The molecule has 0 saturated carbocycles. The number of nitrogens with one attached hydrogen (secondary N) is 2. The highest BCUT2D eigenvalue weighted by molar-refractivity contribution is 5.97. The molecule has 0 aliphatic heterocycles. The van der Waals surface area contributed by atoms with Gasteiger partial charge in [-0.1, -0.05) is 43.3 Å². The third-order valence-electron chi connectivity index (χ3n) is 4.44. The normalized spacial score (nSPS) is 10.3. The lowest BCUT2D eigenvalue weighted by Crippen LogP contribution is -2.24. The number of ether oxygens (including phenoxy) is 1. The van der Waals surface area contributed by atoms with E-state index in [4.69, 9.17) is 4.74 Å². The van der Waals surface area contributed by atoms with Crippen molar-refractivity contribution in [3.8, 4) is 0 Å². The molecule has 160 valence electrons. The lowest BCUT2D eigenvalue weighted by Gasteiger charge is -2.08. The van der Waals surface area contributed by atoms with Gasteiger partial charge in [-0.15, -0.1) is 0 Å². The van der Waals surface area contributed by atoms with Gasteiger partial charge in [0.2, 0.25) is 5.91 Å². The summed E-state index contributed by atoms with van der Waals surface area (Å²) in [4.78, 5) is 35.9. The van der Waals surface area contributed by atoms with Gasteiger partial charge in [-0.2, -0.15) is 0 Å². The van der Waals surface area contributed by atoms with Crippen LogP contribution in [0.1, 0.15) is 54.9 Å². The molecule has 0 aliphatic carbocycles. The Labute approximate surface area is 178 Å². The average Bonchev–Trinajstić information content (AvgIpc) is 2.76. The molecular formula is C24H30N2O4.